The van der Waals surface area contributed by atoms with Crippen molar-refractivity contribution in [3.05, 3.63) is 16.6 Å². The van der Waals surface area contributed by atoms with Gasteiger partial charge in [0.1, 0.15) is 6.04 Å². The topological polar surface area (TPSA) is 62.7 Å². The molecule has 1 saturated heterocycles. The lowest BCUT2D eigenvalue weighted by Crippen LogP contribution is -2.36. The van der Waals surface area contributed by atoms with Crippen molar-refractivity contribution in [1.29, 1.82) is 0 Å². The molecule has 0 radical (unpaired) electrons. The summed E-state index contributed by atoms with van der Waals surface area (Å²) >= 11 is 1.55. The lowest BCUT2D eigenvalue weighted by Gasteiger charge is -2.20. The second kappa shape index (κ2) is 4.90. The van der Waals surface area contributed by atoms with Gasteiger partial charge in [0.2, 0.25) is 0 Å². The number of rotatable bonds is 3. The maximum Gasteiger partial charge on any atom is 0.323 e. The molecule has 0 spiro atoms. The number of aliphatic hydroxyl groups is 1. The minimum absolute atomic E-state index is 0.277. The summed E-state index contributed by atoms with van der Waals surface area (Å²) in [6.45, 7) is 1.15. The van der Waals surface area contributed by atoms with Crippen LogP contribution in [-0.2, 0) is 16.1 Å². The van der Waals surface area contributed by atoms with Crippen LogP contribution in [0.1, 0.15) is 11.3 Å². The highest BCUT2D eigenvalue weighted by Crippen LogP contribution is 2.22. The molecular weight excluding hydrogens is 228 g/mol. The van der Waals surface area contributed by atoms with Gasteiger partial charge in [0.05, 0.1) is 18.7 Å². The summed E-state index contributed by atoms with van der Waals surface area (Å²) in [4.78, 5) is 18.5. The van der Waals surface area contributed by atoms with Crippen LogP contribution in [0.25, 0.3) is 0 Å². The summed E-state index contributed by atoms with van der Waals surface area (Å²) in [5.41, 5.74) is 1.76. The van der Waals surface area contributed by atoms with E-state index in [2.05, 4.69) is 4.98 Å². The van der Waals surface area contributed by atoms with E-state index >= 15 is 0 Å². The summed E-state index contributed by atoms with van der Waals surface area (Å²) in [6, 6.07) is -0.331. The largest absolute Gasteiger partial charge is 0.468 e. The third-order valence-corrected chi connectivity index (χ3v) is 3.46. The molecule has 5 nitrogen and oxygen atoms in total. The minimum Gasteiger partial charge on any atom is -0.468 e. The zero-order valence-corrected chi connectivity index (χ0v) is 9.81. The highest BCUT2D eigenvalue weighted by molar-refractivity contribution is 7.09. The van der Waals surface area contributed by atoms with E-state index in [1.54, 1.807) is 23.0 Å². The predicted octanol–water partition coefficient (Wildman–Crippen LogP) is 0.251. The van der Waals surface area contributed by atoms with Crippen LogP contribution in [0.3, 0.4) is 0 Å². The number of hydrogen-bond acceptors (Lipinski definition) is 6. The number of ether oxygens (including phenoxy) is 1. The molecule has 1 aromatic rings. The Bertz CT molecular complexity index is 355. The summed E-state index contributed by atoms with van der Waals surface area (Å²) in [5, 5.41) is 9.58. The van der Waals surface area contributed by atoms with Gasteiger partial charge in [-0.1, -0.05) is 0 Å². The SMILES string of the molecule is COC(=O)[C@@H]1C[C@@H](O)CN1Cc1cncs1. The Labute approximate surface area is 97.7 Å². The number of nitrogens with zero attached hydrogens (tertiary/aromatic N) is 2. The van der Waals surface area contributed by atoms with Crippen LogP contribution >= 0.6 is 11.3 Å². The molecule has 1 aromatic heterocycles. The molecule has 1 fully saturated rings. The van der Waals surface area contributed by atoms with Crippen molar-refractivity contribution in [2.24, 2.45) is 0 Å². The fraction of sp³-hybridized carbons (Fsp3) is 0.600. The molecule has 0 amide bonds. The third kappa shape index (κ3) is 2.40. The number of aliphatic hydroxyl groups excluding tert-OH is 1. The first-order valence-electron chi connectivity index (χ1n) is 5.08. The fourth-order valence-corrected chi connectivity index (χ4v) is 2.57. The third-order valence-electron chi connectivity index (χ3n) is 2.70. The average Bonchev–Trinajstić information content (AvgIpc) is 2.88. The van der Waals surface area contributed by atoms with E-state index in [0.29, 0.717) is 19.5 Å². The zero-order chi connectivity index (χ0) is 11.5. The van der Waals surface area contributed by atoms with Gasteiger partial charge in [0, 0.05) is 30.6 Å². The summed E-state index contributed by atoms with van der Waals surface area (Å²) in [5.74, 6) is -0.277. The van der Waals surface area contributed by atoms with Crippen LogP contribution in [0, 0.1) is 0 Å². The normalized spacial score (nSPS) is 25.9. The van der Waals surface area contributed by atoms with E-state index in [0.717, 1.165) is 4.88 Å². The molecule has 2 heterocycles. The average molecular weight is 242 g/mol. The number of likely N-dealkylation sites (tertiary alicyclic amines) is 1. The molecule has 0 saturated carbocycles. The molecule has 1 aliphatic rings. The molecule has 1 N–H and O–H groups in total. The Kier molecular flexibility index (Phi) is 3.52. The number of aromatic nitrogens is 1. The lowest BCUT2D eigenvalue weighted by atomic mass is 10.2. The van der Waals surface area contributed by atoms with Crippen molar-refractivity contribution in [3.8, 4) is 0 Å². The smallest absolute Gasteiger partial charge is 0.323 e. The van der Waals surface area contributed by atoms with Crippen LogP contribution in [0.15, 0.2) is 11.7 Å². The monoisotopic (exact) mass is 242 g/mol. The molecule has 1 aliphatic heterocycles. The number of thiazole rings is 1. The van der Waals surface area contributed by atoms with Gasteiger partial charge >= 0.3 is 5.97 Å². The maximum absolute atomic E-state index is 11.5. The van der Waals surface area contributed by atoms with Gasteiger partial charge in [-0.2, -0.15) is 0 Å². The van der Waals surface area contributed by atoms with Crippen molar-refractivity contribution in [2.75, 3.05) is 13.7 Å². The van der Waals surface area contributed by atoms with Crippen LogP contribution in [0.4, 0.5) is 0 Å². The van der Waals surface area contributed by atoms with Gasteiger partial charge in [-0.25, -0.2) is 0 Å². The van der Waals surface area contributed by atoms with E-state index in [9.17, 15) is 9.90 Å². The minimum atomic E-state index is -0.447. The molecule has 2 rings (SSSR count). The Hall–Kier alpha value is -0.980. The first-order chi connectivity index (χ1) is 7.70. The van der Waals surface area contributed by atoms with Crippen LogP contribution in [0.5, 0.6) is 0 Å². The van der Waals surface area contributed by atoms with Crippen molar-refractivity contribution < 1.29 is 14.6 Å². The first-order valence-corrected chi connectivity index (χ1v) is 5.96. The number of carbonyl (C=O) groups excluding carboxylic acids is 1. The lowest BCUT2D eigenvalue weighted by molar-refractivity contribution is -0.146. The van der Waals surface area contributed by atoms with Crippen molar-refractivity contribution >= 4 is 17.3 Å². The second-order valence-corrected chi connectivity index (χ2v) is 4.80. The van der Waals surface area contributed by atoms with Crippen LogP contribution in [0.2, 0.25) is 0 Å². The molecule has 16 heavy (non-hydrogen) atoms. The quantitative estimate of drug-likeness (QED) is 0.770. The molecule has 0 aromatic carbocycles. The second-order valence-electron chi connectivity index (χ2n) is 3.83. The zero-order valence-electron chi connectivity index (χ0n) is 9.00. The molecule has 6 heteroatoms. The van der Waals surface area contributed by atoms with Crippen molar-refractivity contribution in [1.82, 2.24) is 9.88 Å². The van der Waals surface area contributed by atoms with E-state index in [1.165, 1.54) is 7.11 Å². The maximum atomic E-state index is 11.5. The van der Waals surface area contributed by atoms with Crippen molar-refractivity contribution in [2.45, 2.75) is 25.1 Å². The van der Waals surface area contributed by atoms with E-state index < -0.39 is 6.10 Å². The fourth-order valence-electron chi connectivity index (χ4n) is 1.96. The van der Waals surface area contributed by atoms with E-state index in [4.69, 9.17) is 4.74 Å². The Morgan fingerprint density at radius 2 is 2.62 bits per heavy atom. The number of esters is 1. The Morgan fingerprint density at radius 1 is 1.81 bits per heavy atom. The molecule has 0 aliphatic carbocycles. The first kappa shape index (κ1) is 11.5. The standard InChI is InChI=1S/C10H14N2O3S/c1-15-10(14)9-2-7(13)4-12(9)5-8-3-11-6-16-8/h3,6-7,9,13H,2,4-5H2,1H3/t7-,9+/m1/s1. The summed E-state index contributed by atoms with van der Waals surface area (Å²) < 4.78 is 4.73. The van der Waals surface area contributed by atoms with Gasteiger partial charge in [-0.15, -0.1) is 11.3 Å². The molecule has 0 bridgehead atoms. The van der Waals surface area contributed by atoms with Gasteiger partial charge in [-0.3, -0.25) is 14.7 Å². The summed E-state index contributed by atoms with van der Waals surface area (Å²) in [7, 11) is 1.37. The molecule has 88 valence electrons. The molecule has 0 unspecified atom stereocenters. The van der Waals surface area contributed by atoms with Crippen molar-refractivity contribution in [3.63, 3.8) is 0 Å². The Balaban J connectivity index is 2.04. The van der Waals surface area contributed by atoms with Crippen LogP contribution < -0.4 is 0 Å². The molecular formula is C10H14N2O3S. The van der Waals surface area contributed by atoms with Gasteiger partial charge in [0.15, 0.2) is 0 Å². The van der Waals surface area contributed by atoms with Gasteiger partial charge in [-0.05, 0) is 0 Å². The highest BCUT2D eigenvalue weighted by Gasteiger charge is 2.36. The van der Waals surface area contributed by atoms with E-state index in [1.807, 2.05) is 4.90 Å². The number of carbonyl (C=O) groups is 1. The number of hydrogen-bond donors (Lipinski definition) is 1. The Morgan fingerprint density at radius 3 is 3.25 bits per heavy atom. The number of β-amino-alcohol motifs (C(OH)–C–C–N with tert-alkyl or cyclic N) is 1. The highest BCUT2D eigenvalue weighted by atomic mass is 32.1. The van der Waals surface area contributed by atoms with Crippen LogP contribution in [-0.4, -0.2) is 46.8 Å². The predicted molar refractivity (Wildman–Crippen MR) is 59.0 cm³/mol. The van der Waals surface area contributed by atoms with Gasteiger partial charge in [0.25, 0.3) is 0 Å². The molecule has 2 atom stereocenters. The number of methoxy groups -OCH3 is 1. The van der Waals surface area contributed by atoms with Gasteiger partial charge < -0.3 is 9.84 Å². The summed E-state index contributed by atoms with van der Waals surface area (Å²) in [6.07, 6.45) is 1.78. The van der Waals surface area contributed by atoms with E-state index in [-0.39, 0.29) is 12.0 Å².